The summed E-state index contributed by atoms with van der Waals surface area (Å²) in [5, 5.41) is 30.4. The second-order valence-electron chi connectivity index (χ2n) is 12.1. The first-order valence-electron chi connectivity index (χ1n) is 12.8. The van der Waals surface area contributed by atoms with Crippen LogP contribution in [0.4, 0.5) is 4.39 Å². The first-order valence-corrected chi connectivity index (χ1v) is 12.8. The number of rotatable bonds is 5. The number of aliphatic hydroxyl groups is 3. The molecule has 0 aromatic heterocycles. The molecule has 0 heterocycles. The summed E-state index contributed by atoms with van der Waals surface area (Å²) in [6, 6.07) is 0. The maximum absolute atomic E-state index is 14.4. The van der Waals surface area contributed by atoms with Gasteiger partial charge in [-0.05, 0) is 110 Å². The van der Waals surface area contributed by atoms with Crippen LogP contribution in [0.15, 0.2) is 0 Å². The van der Waals surface area contributed by atoms with Crippen molar-refractivity contribution in [3.05, 3.63) is 0 Å². The standard InChI is InChI=1S/C26H45FO3/c1-5-17-21-14-16(27)10-12-26(21,4)20-11-13-25(3)18(15(2)6-9-22(28)29)7-8-19(25)23(20)24(17)30/h15-24,28-30H,5-14H2,1-4H3/t15-,16+,17-,18?,19+,20+,21+,23+,24-,25-,26-/m1/s1. The van der Waals surface area contributed by atoms with E-state index in [0.29, 0.717) is 54.8 Å². The zero-order valence-corrected chi connectivity index (χ0v) is 19.6. The van der Waals surface area contributed by atoms with Gasteiger partial charge in [0.15, 0.2) is 6.29 Å². The molecule has 0 radical (unpaired) electrons. The third kappa shape index (κ3) is 3.48. The fourth-order valence-electron chi connectivity index (χ4n) is 9.52. The molecule has 4 aliphatic carbocycles. The number of hydrogen-bond acceptors (Lipinski definition) is 3. The highest BCUT2D eigenvalue weighted by Crippen LogP contribution is 2.69. The van der Waals surface area contributed by atoms with Gasteiger partial charge in [-0.3, -0.25) is 0 Å². The van der Waals surface area contributed by atoms with Gasteiger partial charge < -0.3 is 15.3 Å². The van der Waals surface area contributed by atoms with Gasteiger partial charge in [-0.1, -0.05) is 34.1 Å². The van der Waals surface area contributed by atoms with Crippen molar-refractivity contribution < 1.29 is 19.7 Å². The molecule has 11 atom stereocenters. The van der Waals surface area contributed by atoms with Crippen LogP contribution in [0, 0.1) is 52.3 Å². The number of aliphatic hydroxyl groups excluding tert-OH is 2. The van der Waals surface area contributed by atoms with Crippen LogP contribution >= 0.6 is 0 Å². The van der Waals surface area contributed by atoms with Crippen LogP contribution < -0.4 is 0 Å². The normalized spacial score (nSPS) is 51.9. The van der Waals surface area contributed by atoms with Crippen molar-refractivity contribution >= 4 is 0 Å². The molecule has 174 valence electrons. The maximum Gasteiger partial charge on any atom is 0.151 e. The quantitative estimate of drug-likeness (QED) is 0.524. The molecule has 0 aliphatic heterocycles. The van der Waals surface area contributed by atoms with Gasteiger partial charge in [0.05, 0.1) is 6.10 Å². The van der Waals surface area contributed by atoms with Gasteiger partial charge in [0.2, 0.25) is 0 Å². The van der Waals surface area contributed by atoms with Gasteiger partial charge in [-0.25, -0.2) is 4.39 Å². The average Bonchev–Trinajstić information content (AvgIpc) is 3.05. The van der Waals surface area contributed by atoms with Crippen molar-refractivity contribution in [2.45, 2.75) is 110 Å². The molecule has 4 saturated carbocycles. The summed E-state index contributed by atoms with van der Waals surface area (Å²) in [6.45, 7) is 9.39. The van der Waals surface area contributed by atoms with Crippen LogP contribution in [0.25, 0.3) is 0 Å². The van der Waals surface area contributed by atoms with Crippen LogP contribution in [0.1, 0.15) is 91.9 Å². The van der Waals surface area contributed by atoms with E-state index in [1.807, 2.05) is 0 Å². The minimum Gasteiger partial charge on any atom is -0.393 e. The van der Waals surface area contributed by atoms with Crippen LogP contribution in [0.2, 0.25) is 0 Å². The Balaban J connectivity index is 1.61. The summed E-state index contributed by atoms with van der Waals surface area (Å²) in [6.07, 6.45) is 7.19. The van der Waals surface area contributed by atoms with E-state index < -0.39 is 12.5 Å². The molecule has 0 saturated heterocycles. The van der Waals surface area contributed by atoms with E-state index in [-0.39, 0.29) is 22.9 Å². The highest BCUT2D eigenvalue weighted by molar-refractivity contribution is 5.13. The van der Waals surface area contributed by atoms with E-state index in [1.165, 1.54) is 25.7 Å². The third-order valence-corrected chi connectivity index (χ3v) is 11.0. The van der Waals surface area contributed by atoms with Crippen LogP contribution in [-0.4, -0.2) is 33.9 Å². The zero-order chi connectivity index (χ0) is 21.8. The summed E-state index contributed by atoms with van der Waals surface area (Å²) < 4.78 is 14.4. The Morgan fingerprint density at radius 2 is 1.60 bits per heavy atom. The molecule has 0 aromatic carbocycles. The molecule has 3 N–H and O–H groups in total. The molecule has 4 rings (SSSR count). The van der Waals surface area contributed by atoms with E-state index in [2.05, 4.69) is 27.7 Å². The van der Waals surface area contributed by atoms with Gasteiger partial charge in [0.1, 0.15) is 6.17 Å². The molecule has 1 unspecified atom stereocenters. The Hall–Kier alpha value is -0.190. The fourth-order valence-corrected chi connectivity index (χ4v) is 9.52. The number of alkyl halides is 1. The van der Waals surface area contributed by atoms with E-state index >= 15 is 0 Å². The van der Waals surface area contributed by atoms with E-state index in [0.717, 1.165) is 19.3 Å². The highest BCUT2D eigenvalue weighted by Gasteiger charge is 2.64. The van der Waals surface area contributed by atoms with Gasteiger partial charge in [-0.2, -0.15) is 0 Å². The Bertz CT molecular complexity index is 611. The molecular formula is C26H45FO3. The second-order valence-corrected chi connectivity index (χ2v) is 12.1. The van der Waals surface area contributed by atoms with E-state index in [9.17, 15) is 19.7 Å². The molecule has 0 spiro atoms. The smallest absolute Gasteiger partial charge is 0.151 e. The van der Waals surface area contributed by atoms with E-state index in [1.54, 1.807) is 0 Å². The van der Waals surface area contributed by atoms with Gasteiger partial charge in [-0.15, -0.1) is 0 Å². The van der Waals surface area contributed by atoms with Gasteiger partial charge >= 0.3 is 0 Å². The zero-order valence-electron chi connectivity index (χ0n) is 19.6. The van der Waals surface area contributed by atoms with Crippen molar-refractivity contribution in [3.8, 4) is 0 Å². The monoisotopic (exact) mass is 424 g/mol. The lowest BCUT2D eigenvalue weighted by molar-refractivity contribution is -0.199. The minimum atomic E-state index is -1.21. The molecule has 0 bridgehead atoms. The average molecular weight is 425 g/mol. The first kappa shape index (κ1) is 23.0. The number of halogens is 1. The lowest BCUT2D eigenvalue weighted by Gasteiger charge is -2.64. The fraction of sp³-hybridized carbons (Fsp3) is 1.00. The Kier molecular flexibility index (Phi) is 6.36. The Morgan fingerprint density at radius 3 is 2.27 bits per heavy atom. The molecule has 4 aliphatic rings. The van der Waals surface area contributed by atoms with Crippen LogP contribution in [0.5, 0.6) is 0 Å². The van der Waals surface area contributed by atoms with Crippen molar-refractivity contribution in [2.75, 3.05) is 0 Å². The SMILES string of the molecule is CC[C@H]1[C@@H](O)[C@@H]2[C@H](CC[C@]3(C)C([C@H](C)CCC(O)O)CC[C@@H]23)[C@@]2(C)CC[C@H](F)C[C@@H]12. The summed E-state index contributed by atoms with van der Waals surface area (Å²) in [5.74, 6) is 3.07. The lowest BCUT2D eigenvalue weighted by atomic mass is 9.41. The van der Waals surface area contributed by atoms with Gasteiger partial charge in [0.25, 0.3) is 0 Å². The predicted octanol–water partition coefficient (Wildman–Crippen LogP) is 5.32. The van der Waals surface area contributed by atoms with Crippen molar-refractivity contribution in [3.63, 3.8) is 0 Å². The molecular weight excluding hydrogens is 379 g/mol. The topological polar surface area (TPSA) is 60.7 Å². The summed E-state index contributed by atoms with van der Waals surface area (Å²) in [4.78, 5) is 0. The summed E-state index contributed by atoms with van der Waals surface area (Å²) >= 11 is 0. The summed E-state index contributed by atoms with van der Waals surface area (Å²) in [5.41, 5.74) is 0.417. The van der Waals surface area contributed by atoms with E-state index in [4.69, 9.17) is 0 Å². The Morgan fingerprint density at radius 1 is 0.933 bits per heavy atom. The van der Waals surface area contributed by atoms with Crippen LogP contribution in [-0.2, 0) is 0 Å². The third-order valence-electron chi connectivity index (χ3n) is 11.0. The largest absolute Gasteiger partial charge is 0.393 e. The second kappa shape index (κ2) is 8.30. The summed E-state index contributed by atoms with van der Waals surface area (Å²) in [7, 11) is 0. The van der Waals surface area contributed by atoms with Crippen molar-refractivity contribution in [1.82, 2.24) is 0 Å². The van der Waals surface area contributed by atoms with Crippen molar-refractivity contribution in [2.24, 2.45) is 52.3 Å². The molecule has 0 aromatic rings. The van der Waals surface area contributed by atoms with Gasteiger partial charge in [0, 0.05) is 0 Å². The number of fused-ring (bicyclic) bond motifs is 5. The lowest BCUT2D eigenvalue weighted by Crippen LogP contribution is -2.62. The first-order chi connectivity index (χ1) is 14.1. The maximum atomic E-state index is 14.4. The predicted molar refractivity (Wildman–Crippen MR) is 117 cm³/mol. The van der Waals surface area contributed by atoms with Crippen molar-refractivity contribution in [1.29, 1.82) is 0 Å². The Labute approximate surface area is 182 Å². The molecule has 3 nitrogen and oxygen atoms in total. The molecule has 30 heavy (non-hydrogen) atoms. The highest BCUT2D eigenvalue weighted by atomic mass is 19.1. The molecule has 0 amide bonds. The number of hydrogen-bond donors (Lipinski definition) is 3. The molecule has 4 heteroatoms. The molecule has 4 fully saturated rings. The minimum absolute atomic E-state index is 0.180. The van der Waals surface area contributed by atoms with Crippen LogP contribution in [0.3, 0.4) is 0 Å².